The predicted octanol–water partition coefficient (Wildman–Crippen LogP) is 1.11. The molecule has 2 unspecified atom stereocenters. The van der Waals surface area contributed by atoms with Crippen LogP contribution in [0.4, 0.5) is 0 Å². The second-order valence-corrected chi connectivity index (χ2v) is 7.24. The number of quaternary nitrogens is 1. The highest BCUT2D eigenvalue weighted by molar-refractivity contribution is 7.14. The number of nitrogens with one attached hydrogen (secondary N) is 1. The van der Waals surface area contributed by atoms with Crippen LogP contribution in [0.3, 0.4) is 0 Å². The Kier molecular flexibility index (Phi) is 5.13. The molecule has 1 saturated heterocycles. The Morgan fingerprint density at radius 2 is 2.33 bits per heavy atom. The number of ether oxygens (including phenoxy) is 2. The Balaban J connectivity index is 1.81. The molecule has 2 heterocycles. The van der Waals surface area contributed by atoms with Crippen molar-refractivity contribution in [2.24, 2.45) is 0 Å². The summed E-state index contributed by atoms with van der Waals surface area (Å²) in [6.45, 7) is 4.84. The summed E-state index contributed by atoms with van der Waals surface area (Å²) in [5, 5.41) is 10.1. The molecular weight excluding hydrogens is 328 g/mol. The summed E-state index contributed by atoms with van der Waals surface area (Å²) in [7, 11) is 2.12. The van der Waals surface area contributed by atoms with Crippen LogP contribution in [0.1, 0.15) is 15.2 Å². The van der Waals surface area contributed by atoms with E-state index in [2.05, 4.69) is 12.0 Å². The summed E-state index contributed by atoms with van der Waals surface area (Å²) < 4.78 is 11.4. The molecule has 6 nitrogen and oxygen atoms in total. The van der Waals surface area contributed by atoms with Gasteiger partial charge in [0, 0.05) is 16.6 Å². The Bertz CT molecular complexity index is 731. The van der Waals surface area contributed by atoms with Crippen molar-refractivity contribution in [3.63, 3.8) is 0 Å². The SMILES string of the molecule is Cc1cnc(-c2cc(OCC3COCC[NH+]3C)cc(C(=O)O)c2)s1. The molecule has 2 aromatic rings. The molecule has 1 aromatic heterocycles. The van der Waals surface area contributed by atoms with Gasteiger partial charge in [-0.25, -0.2) is 9.78 Å². The third kappa shape index (κ3) is 3.92. The molecule has 2 atom stereocenters. The Morgan fingerprint density at radius 1 is 1.50 bits per heavy atom. The van der Waals surface area contributed by atoms with Gasteiger partial charge in [-0.1, -0.05) is 0 Å². The van der Waals surface area contributed by atoms with Crippen molar-refractivity contribution >= 4 is 17.3 Å². The van der Waals surface area contributed by atoms with Crippen LogP contribution in [0.25, 0.3) is 10.6 Å². The number of aryl methyl sites for hydroxylation is 1. The lowest BCUT2D eigenvalue weighted by molar-refractivity contribution is -0.914. The highest BCUT2D eigenvalue weighted by Crippen LogP contribution is 2.29. The van der Waals surface area contributed by atoms with E-state index in [1.807, 2.05) is 13.0 Å². The number of aromatic carboxylic acids is 1. The number of benzene rings is 1. The van der Waals surface area contributed by atoms with Gasteiger partial charge in [0.25, 0.3) is 0 Å². The van der Waals surface area contributed by atoms with Crippen molar-refractivity contribution in [3.8, 4) is 16.3 Å². The third-order valence-corrected chi connectivity index (χ3v) is 5.09. The minimum absolute atomic E-state index is 0.205. The van der Waals surface area contributed by atoms with Crippen molar-refractivity contribution in [1.29, 1.82) is 0 Å². The molecule has 0 spiro atoms. The first-order valence-electron chi connectivity index (χ1n) is 7.87. The molecule has 1 aliphatic rings. The minimum atomic E-state index is -0.973. The van der Waals surface area contributed by atoms with Crippen molar-refractivity contribution < 1.29 is 24.3 Å². The molecule has 0 amide bonds. The predicted molar refractivity (Wildman–Crippen MR) is 91.1 cm³/mol. The molecule has 0 bridgehead atoms. The first kappa shape index (κ1) is 16.9. The highest BCUT2D eigenvalue weighted by Gasteiger charge is 2.24. The molecule has 0 aliphatic carbocycles. The van der Waals surface area contributed by atoms with Crippen LogP contribution in [0, 0.1) is 6.92 Å². The lowest BCUT2D eigenvalue weighted by Gasteiger charge is -2.29. The molecule has 1 aromatic carbocycles. The van der Waals surface area contributed by atoms with Crippen LogP contribution in [0.15, 0.2) is 24.4 Å². The molecule has 3 rings (SSSR count). The average molecular weight is 349 g/mol. The number of carbonyl (C=O) groups is 1. The number of rotatable bonds is 5. The zero-order valence-electron chi connectivity index (χ0n) is 13.7. The number of hydrogen-bond donors (Lipinski definition) is 2. The zero-order chi connectivity index (χ0) is 17.1. The summed E-state index contributed by atoms with van der Waals surface area (Å²) >= 11 is 1.53. The lowest BCUT2D eigenvalue weighted by Crippen LogP contribution is -3.16. The molecule has 128 valence electrons. The van der Waals surface area contributed by atoms with Gasteiger partial charge in [-0.05, 0) is 25.1 Å². The summed E-state index contributed by atoms with van der Waals surface area (Å²) in [5.74, 6) is -0.421. The van der Waals surface area contributed by atoms with Gasteiger partial charge in [0.1, 0.15) is 36.6 Å². The van der Waals surface area contributed by atoms with Gasteiger partial charge < -0.3 is 19.5 Å². The van der Waals surface area contributed by atoms with E-state index in [9.17, 15) is 9.90 Å². The number of morpholine rings is 1. The second kappa shape index (κ2) is 7.29. The van der Waals surface area contributed by atoms with Crippen LogP contribution < -0.4 is 9.64 Å². The number of hydrogen-bond acceptors (Lipinski definition) is 5. The van der Waals surface area contributed by atoms with Gasteiger partial charge in [-0.3, -0.25) is 0 Å². The van der Waals surface area contributed by atoms with Crippen molar-refractivity contribution in [3.05, 3.63) is 34.8 Å². The second-order valence-electron chi connectivity index (χ2n) is 6.01. The largest absolute Gasteiger partial charge is 0.487 e. The number of likely N-dealkylation sites (N-methyl/N-ethyl adjacent to an activating group) is 1. The Hall–Kier alpha value is -1.96. The topological polar surface area (TPSA) is 73.1 Å². The fourth-order valence-electron chi connectivity index (χ4n) is 2.61. The molecule has 1 aliphatic heterocycles. The lowest BCUT2D eigenvalue weighted by atomic mass is 10.1. The fraction of sp³-hybridized carbons (Fsp3) is 0.412. The molecule has 0 radical (unpaired) electrons. The maximum absolute atomic E-state index is 11.4. The Morgan fingerprint density at radius 3 is 3.00 bits per heavy atom. The van der Waals surface area contributed by atoms with E-state index >= 15 is 0 Å². The van der Waals surface area contributed by atoms with Gasteiger partial charge >= 0.3 is 5.97 Å². The third-order valence-electron chi connectivity index (χ3n) is 4.13. The number of thiazole rings is 1. The van der Waals surface area contributed by atoms with Gasteiger partial charge in [-0.2, -0.15) is 0 Å². The molecule has 0 saturated carbocycles. The fourth-order valence-corrected chi connectivity index (χ4v) is 3.36. The first-order valence-corrected chi connectivity index (χ1v) is 8.68. The maximum Gasteiger partial charge on any atom is 0.335 e. The number of nitrogens with zero attached hydrogens (tertiary/aromatic N) is 1. The van der Waals surface area contributed by atoms with Crippen LogP contribution in [0.5, 0.6) is 5.75 Å². The number of aromatic nitrogens is 1. The van der Waals surface area contributed by atoms with E-state index in [-0.39, 0.29) is 11.6 Å². The highest BCUT2D eigenvalue weighted by atomic mass is 32.1. The summed E-state index contributed by atoms with van der Waals surface area (Å²) in [6, 6.07) is 5.29. The first-order chi connectivity index (χ1) is 11.5. The number of carboxylic acids is 1. The quantitative estimate of drug-likeness (QED) is 0.846. The van der Waals surface area contributed by atoms with Crippen molar-refractivity contribution in [2.45, 2.75) is 13.0 Å². The smallest absolute Gasteiger partial charge is 0.335 e. The van der Waals surface area contributed by atoms with Gasteiger partial charge in [0.05, 0.1) is 19.2 Å². The zero-order valence-corrected chi connectivity index (χ0v) is 14.6. The Labute approximate surface area is 144 Å². The minimum Gasteiger partial charge on any atom is -0.487 e. The van der Waals surface area contributed by atoms with Gasteiger partial charge in [-0.15, -0.1) is 11.3 Å². The van der Waals surface area contributed by atoms with Crippen LogP contribution in [-0.2, 0) is 4.74 Å². The normalized spacial score (nSPS) is 20.8. The van der Waals surface area contributed by atoms with E-state index in [4.69, 9.17) is 9.47 Å². The molecule has 24 heavy (non-hydrogen) atoms. The molecule has 7 heteroatoms. The van der Waals surface area contributed by atoms with Crippen LogP contribution in [0.2, 0.25) is 0 Å². The molecule has 1 fully saturated rings. The molecule has 2 N–H and O–H groups in total. The number of carboxylic acid groups (broad SMARTS) is 1. The summed E-state index contributed by atoms with van der Waals surface area (Å²) in [6.07, 6.45) is 1.78. The summed E-state index contributed by atoms with van der Waals surface area (Å²) in [5.41, 5.74) is 0.972. The van der Waals surface area contributed by atoms with Crippen LogP contribution in [-0.4, -0.2) is 55.5 Å². The van der Waals surface area contributed by atoms with Gasteiger partial charge in [0.15, 0.2) is 0 Å². The van der Waals surface area contributed by atoms with Crippen LogP contribution >= 0.6 is 11.3 Å². The van der Waals surface area contributed by atoms with Crippen molar-refractivity contribution in [2.75, 3.05) is 33.4 Å². The molecular formula is C17H21N2O4S+. The van der Waals surface area contributed by atoms with E-state index in [1.165, 1.54) is 16.2 Å². The van der Waals surface area contributed by atoms with E-state index in [0.29, 0.717) is 19.0 Å². The van der Waals surface area contributed by atoms with E-state index < -0.39 is 5.97 Å². The van der Waals surface area contributed by atoms with Crippen molar-refractivity contribution in [1.82, 2.24) is 4.98 Å². The monoisotopic (exact) mass is 349 g/mol. The average Bonchev–Trinajstić information content (AvgIpc) is 3.00. The standard InChI is InChI=1S/C17H20N2O4S/c1-11-8-18-16(24-11)12-5-13(17(20)21)7-15(6-12)23-10-14-9-22-4-3-19(14)2/h5-8,14H,3-4,9-10H2,1-2H3,(H,20,21)/p+1. The van der Waals surface area contributed by atoms with Gasteiger partial charge in [0.2, 0.25) is 0 Å². The summed E-state index contributed by atoms with van der Waals surface area (Å²) in [4.78, 5) is 18.2. The van der Waals surface area contributed by atoms with E-state index in [1.54, 1.807) is 18.3 Å². The maximum atomic E-state index is 11.4. The van der Waals surface area contributed by atoms with E-state index in [0.717, 1.165) is 28.6 Å².